The van der Waals surface area contributed by atoms with Crippen molar-refractivity contribution in [3.63, 3.8) is 0 Å². The molecule has 0 saturated carbocycles. The molecule has 6 heteroatoms. The highest BCUT2D eigenvalue weighted by Crippen LogP contribution is 2.14. The van der Waals surface area contributed by atoms with Crippen LogP contribution in [0.2, 0.25) is 0 Å². The van der Waals surface area contributed by atoms with Crippen LogP contribution in [0.15, 0.2) is 30.6 Å². The van der Waals surface area contributed by atoms with Crippen molar-refractivity contribution in [3.8, 4) is 12.1 Å². The van der Waals surface area contributed by atoms with Crippen LogP contribution in [0.4, 0.5) is 0 Å². The molecule has 20 heavy (non-hydrogen) atoms. The smallest absolute Gasteiger partial charge is 0.338 e. The molecule has 1 heterocycles. The number of nitriles is 2. The van der Waals surface area contributed by atoms with E-state index in [1.807, 2.05) is 12.1 Å². The Bertz CT molecular complexity index is 734. The number of benzene rings is 1. The number of aromatic nitrogens is 2. The zero-order valence-electron chi connectivity index (χ0n) is 10.7. The minimum absolute atomic E-state index is 0.0723. The third kappa shape index (κ3) is 2.36. The number of hydrogen-bond acceptors (Lipinski definition) is 5. The Labute approximate surface area is 115 Å². The number of ether oxygens (including phenoxy) is 1. The van der Waals surface area contributed by atoms with Gasteiger partial charge in [0.2, 0.25) is 0 Å². The molecule has 0 saturated heterocycles. The van der Waals surface area contributed by atoms with Gasteiger partial charge in [-0.1, -0.05) is 18.2 Å². The van der Waals surface area contributed by atoms with E-state index in [1.165, 1.54) is 18.0 Å². The fourth-order valence-electron chi connectivity index (χ4n) is 1.85. The number of imidazole rings is 1. The molecule has 0 aliphatic carbocycles. The number of carbonyl (C=O) groups excluding carboxylic acids is 1. The lowest BCUT2D eigenvalue weighted by Crippen LogP contribution is -2.09. The van der Waals surface area contributed by atoms with Crippen LogP contribution >= 0.6 is 0 Å². The van der Waals surface area contributed by atoms with Crippen molar-refractivity contribution in [2.45, 2.75) is 6.54 Å². The molecule has 0 aliphatic heterocycles. The van der Waals surface area contributed by atoms with Crippen molar-refractivity contribution < 1.29 is 9.53 Å². The van der Waals surface area contributed by atoms with Crippen LogP contribution in [0.1, 0.15) is 27.3 Å². The first kappa shape index (κ1) is 13.3. The van der Waals surface area contributed by atoms with Crippen molar-refractivity contribution in [1.29, 1.82) is 10.5 Å². The van der Waals surface area contributed by atoms with Gasteiger partial charge in [-0.25, -0.2) is 9.78 Å². The van der Waals surface area contributed by atoms with E-state index in [4.69, 9.17) is 15.3 Å². The van der Waals surface area contributed by atoms with E-state index in [0.29, 0.717) is 11.1 Å². The molecule has 2 aromatic rings. The molecule has 0 fully saturated rings. The standard InChI is InChI=1S/C14H10N4O2/c1-20-14(19)11-5-3-2-4-10(11)8-18-9-17-12(6-15)13(18)7-16/h2-5,9H,8H2,1H3. The van der Waals surface area contributed by atoms with Gasteiger partial charge < -0.3 is 9.30 Å². The second-order valence-corrected chi connectivity index (χ2v) is 3.94. The van der Waals surface area contributed by atoms with Crippen molar-refractivity contribution in [2.24, 2.45) is 0 Å². The molecular formula is C14H10N4O2. The Hall–Kier alpha value is -3.12. The number of methoxy groups -OCH3 is 1. The largest absolute Gasteiger partial charge is 0.465 e. The maximum atomic E-state index is 11.7. The van der Waals surface area contributed by atoms with Gasteiger partial charge >= 0.3 is 5.97 Å². The number of hydrogen-bond donors (Lipinski definition) is 0. The number of carbonyl (C=O) groups is 1. The Morgan fingerprint density at radius 2 is 2.10 bits per heavy atom. The highest BCUT2D eigenvalue weighted by atomic mass is 16.5. The first-order chi connectivity index (χ1) is 9.71. The molecule has 1 aromatic carbocycles. The summed E-state index contributed by atoms with van der Waals surface area (Å²) in [7, 11) is 1.31. The molecule has 0 atom stereocenters. The number of rotatable bonds is 3. The van der Waals surface area contributed by atoms with Crippen molar-refractivity contribution in [2.75, 3.05) is 7.11 Å². The Kier molecular flexibility index (Phi) is 3.78. The average molecular weight is 266 g/mol. The summed E-state index contributed by atoms with van der Waals surface area (Å²) in [5.41, 5.74) is 1.36. The third-order valence-corrected chi connectivity index (χ3v) is 2.81. The molecular weight excluding hydrogens is 256 g/mol. The zero-order valence-corrected chi connectivity index (χ0v) is 10.7. The van der Waals surface area contributed by atoms with E-state index in [9.17, 15) is 4.79 Å². The van der Waals surface area contributed by atoms with Gasteiger partial charge in [-0.3, -0.25) is 0 Å². The van der Waals surface area contributed by atoms with Gasteiger partial charge in [-0.05, 0) is 11.6 Å². The van der Waals surface area contributed by atoms with Crippen LogP contribution in [-0.4, -0.2) is 22.6 Å². The highest BCUT2D eigenvalue weighted by Gasteiger charge is 2.14. The third-order valence-electron chi connectivity index (χ3n) is 2.81. The summed E-state index contributed by atoms with van der Waals surface area (Å²) in [6.45, 7) is 0.267. The fraction of sp³-hybridized carbons (Fsp3) is 0.143. The van der Waals surface area contributed by atoms with Crippen LogP contribution in [-0.2, 0) is 11.3 Å². The molecule has 0 amide bonds. The normalized spacial score (nSPS) is 9.55. The van der Waals surface area contributed by atoms with Gasteiger partial charge in [-0.15, -0.1) is 0 Å². The Morgan fingerprint density at radius 3 is 2.75 bits per heavy atom. The topological polar surface area (TPSA) is 91.7 Å². The first-order valence-corrected chi connectivity index (χ1v) is 5.72. The van der Waals surface area contributed by atoms with Crippen molar-refractivity contribution >= 4 is 5.97 Å². The summed E-state index contributed by atoms with van der Waals surface area (Å²) in [6, 6.07) is 10.7. The van der Waals surface area contributed by atoms with Gasteiger partial charge in [0, 0.05) is 0 Å². The molecule has 0 bridgehead atoms. The number of nitrogens with zero attached hydrogens (tertiary/aromatic N) is 4. The van der Waals surface area contributed by atoms with E-state index in [2.05, 4.69) is 4.98 Å². The molecule has 2 rings (SSSR count). The van der Waals surface area contributed by atoms with Crippen LogP contribution in [0.5, 0.6) is 0 Å². The van der Waals surface area contributed by atoms with E-state index in [-0.39, 0.29) is 17.9 Å². The summed E-state index contributed by atoms with van der Waals surface area (Å²) in [5.74, 6) is -0.445. The highest BCUT2D eigenvalue weighted by molar-refractivity contribution is 5.90. The van der Waals surface area contributed by atoms with Gasteiger partial charge in [0.15, 0.2) is 11.4 Å². The first-order valence-electron chi connectivity index (χ1n) is 5.72. The Morgan fingerprint density at radius 1 is 1.35 bits per heavy atom. The summed E-state index contributed by atoms with van der Waals surface area (Å²) >= 11 is 0. The van der Waals surface area contributed by atoms with E-state index >= 15 is 0 Å². The van der Waals surface area contributed by atoms with Crippen LogP contribution in [0, 0.1) is 22.7 Å². The Balaban J connectivity index is 2.42. The lowest BCUT2D eigenvalue weighted by atomic mass is 10.1. The molecule has 6 nitrogen and oxygen atoms in total. The summed E-state index contributed by atoms with van der Waals surface area (Å²) in [6.07, 6.45) is 1.41. The quantitative estimate of drug-likeness (QED) is 0.784. The molecule has 1 aromatic heterocycles. The monoisotopic (exact) mass is 266 g/mol. The molecule has 0 unspecified atom stereocenters. The predicted octanol–water partition coefficient (Wildman–Crippen LogP) is 1.46. The van der Waals surface area contributed by atoms with Crippen LogP contribution < -0.4 is 0 Å². The van der Waals surface area contributed by atoms with Gasteiger partial charge in [0.1, 0.15) is 12.1 Å². The summed E-state index contributed by atoms with van der Waals surface area (Å²) in [4.78, 5) is 15.5. The van der Waals surface area contributed by atoms with Crippen molar-refractivity contribution in [3.05, 3.63) is 53.1 Å². The SMILES string of the molecule is COC(=O)c1ccccc1Cn1cnc(C#N)c1C#N. The van der Waals surface area contributed by atoms with Gasteiger partial charge in [0.05, 0.1) is 25.5 Å². The average Bonchev–Trinajstić information content (AvgIpc) is 2.88. The van der Waals surface area contributed by atoms with E-state index < -0.39 is 5.97 Å². The molecule has 0 aliphatic rings. The number of esters is 1. The van der Waals surface area contributed by atoms with Gasteiger partial charge in [-0.2, -0.15) is 10.5 Å². The van der Waals surface area contributed by atoms with E-state index in [0.717, 1.165) is 0 Å². The molecule has 0 spiro atoms. The molecule has 0 N–H and O–H groups in total. The predicted molar refractivity (Wildman–Crippen MR) is 68.5 cm³/mol. The summed E-state index contributed by atoms with van der Waals surface area (Å²) in [5, 5.41) is 17.9. The second-order valence-electron chi connectivity index (χ2n) is 3.94. The lowest BCUT2D eigenvalue weighted by Gasteiger charge is -2.08. The second kappa shape index (κ2) is 5.68. The summed E-state index contributed by atoms with van der Waals surface area (Å²) < 4.78 is 6.24. The molecule has 98 valence electrons. The van der Waals surface area contributed by atoms with Crippen LogP contribution in [0.25, 0.3) is 0 Å². The van der Waals surface area contributed by atoms with E-state index in [1.54, 1.807) is 24.3 Å². The minimum atomic E-state index is -0.445. The van der Waals surface area contributed by atoms with Gasteiger partial charge in [0.25, 0.3) is 0 Å². The van der Waals surface area contributed by atoms with Crippen molar-refractivity contribution in [1.82, 2.24) is 9.55 Å². The lowest BCUT2D eigenvalue weighted by molar-refractivity contribution is 0.0599. The fourth-order valence-corrected chi connectivity index (χ4v) is 1.85. The maximum Gasteiger partial charge on any atom is 0.338 e. The zero-order chi connectivity index (χ0) is 14.5. The van der Waals surface area contributed by atoms with Crippen LogP contribution in [0.3, 0.4) is 0 Å². The maximum absolute atomic E-state index is 11.7. The molecule has 0 radical (unpaired) electrons. The minimum Gasteiger partial charge on any atom is -0.465 e.